The second-order valence-corrected chi connectivity index (χ2v) is 9.67. The summed E-state index contributed by atoms with van der Waals surface area (Å²) in [6.07, 6.45) is 1.62. The number of ether oxygens (including phenoxy) is 1. The number of fused-ring (bicyclic) bond motifs is 1. The zero-order valence-corrected chi connectivity index (χ0v) is 22.3. The van der Waals surface area contributed by atoms with E-state index in [4.69, 9.17) is 4.74 Å². The number of methoxy groups -OCH3 is 1. The van der Waals surface area contributed by atoms with Crippen LogP contribution in [-0.2, 0) is 0 Å². The fourth-order valence-electron chi connectivity index (χ4n) is 4.53. The molecule has 0 bridgehead atoms. The minimum atomic E-state index is -0.357. The molecule has 0 aliphatic carbocycles. The SMILES string of the molecule is CCN(C(=O)Nc1c(C(C)C)cc(-c2cccc(OC)c2)cc1C(C)C)c1cc2cccnc2[nH]c1=O. The predicted octanol–water partition coefficient (Wildman–Crippen LogP) is 6.90. The summed E-state index contributed by atoms with van der Waals surface area (Å²) in [5, 5.41) is 3.92. The normalized spacial score (nSPS) is 11.2. The minimum absolute atomic E-state index is 0.156. The third-order valence-electron chi connectivity index (χ3n) is 6.53. The number of urea groups is 1. The molecule has 0 unspecified atom stereocenters. The zero-order chi connectivity index (χ0) is 26.7. The molecule has 4 aromatic rings. The Labute approximate surface area is 217 Å². The summed E-state index contributed by atoms with van der Waals surface area (Å²) in [7, 11) is 1.66. The molecule has 37 heavy (non-hydrogen) atoms. The molecule has 0 saturated heterocycles. The predicted molar refractivity (Wildman–Crippen MR) is 151 cm³/mol. The number of hydrogen-bond donors (Lipinski definition) is 2. The van der Waals surface area contributed by atoms with Crippen molar-refractivity contribution >= 4 is 28.4 Å². The number of hydrogen-bond acceptors (Lipinski definition) is 4. The van der Waals surface area contributed by atoms with Crippen molar-refractivity contribution in [1.29, 1.82) is 0 Å². The fourth-order valence-corrected chi connectivity index (χ4v) is 4.53. The number of nitrogens with one attached hydrogen (secondary N) is 2. The number of carbonyl (C=O) groups is 1. The number of pyridine rings is 2. The summed E-state index contributed by atoms with van der Waals surface area (Å²) < 4.78 is 5.43. The minimum Gasteiger partial charge on any atom is -0.497 e. The van der Waals surface area contributed by atoms with Crippen LogP contribution in [0.1, 0.15) is 57.6 Å². The van der Waals surface area contributed by atoms with Crippen LogP contribution in [0.2, 0.25) is 0 Å². The number of carbonyl (C=O) groups excluding carboxylic acids is 1. The van der Waals surface area contributed by atoms with Gasteiger partial charge in [-0.05, 0) is 83.5 Å². The van der Waals surface area contributed by atoms with Crippen LogP contribution in [0.5, 0.6) is 5.75 Å². The lowest BCUT2D eigenvalue weighted by molar-refractivity contribution is 0.257. The first-order valence-corrected chi connectivity index (χ1v) is 12.6. The lowest BCUT2D eigenvalue weighted by Crippen LogP contribution is -2.38. The van der Waals surface area contributed by atoms with Crippen LogP contribution in [0.25, 0.3) is 22.2 Å². The lowest BCUT2D eigenvalue weighted by Gasteiger charge is -2.26. The summed E-state index contributed by atoms with van der Waals surface area (Å²) in [6.45, 7) is 10.6. The van der Waals surface area contributed by atoms with Gasteiger partial charge in [-0.2, -0.15) is 0 Å². The number of aromatic amines is 1. The Morgan fingerprint density at radius 3 is 2.32 bits per heavy atom. The van der Waals surface area contributed by atoms with Crippen molar-refractivity contribution in [2.45, 2.75) is 46.5 Å². The van der Waals surface area contributed by atoms with E-state index < -0.39 is 0 Å². The molecule has 4 rings (SSSR count). The molecule has 0 aliphatic rings. The van der Waals surface area contributed by atoms with Crippen LogP contribution in [0.3, 0.4) is 0 Å². The molecule has 192 valence electrons. The number of anilines is 2. The molecule has 7 nitrogen and oxygen atoms in total. The summed E-state index contributed by atoms with van der Waals surface area (Å²) in [6, 6.07) is 17.3. The highest BCUT2D eigenvalue weighted by Gasteiger charge is 2.23. The van der Waals surface area contributed by atoms with Crippen molar-refractivity contribution in [3.05, 3.63) is 82.3 Å². The van der Waals surface area contributed by atoms with E-state index in [0.29, 0.717) is 12.2 Å². The summed E-state index contributed by atoms with van der Waals surface area (Å²) in [4.78, 5) is 35.0. The third-order valence-corrected chi connectivity index (χ3v) is 6.53. The molecule has 2 heterocycles. The highest BCUT2D eigenvalue weighted by molar-refractivity contribution is 6.03. The molecule has 0 atom stereocenters. The standard InChI is InChI=1S/C30H34N4O3/c1-7-34(26-17-21-11-9-13-31-28(21)33-29(26)35)30(36)32-27-24(18(2)3)15-22(16-25(27)19(4)5)20-10-8-12-23(14-20)37-6/h8-19H,7H2,1-6H3,(H,32,36)(H,31,33,35). The zero-order valence-electron chi connectivity index (χ0n) is 22.3. The third kappa shape index (κ3) is 5.35. The van der Waals surface area contributed by atoms with E-state index in [1.807, 2.05) is 31.2 Å². The van der Waals surface area contributed by atoms with Gasteiger partial charge in [-0.1, -0.05) is 39.8 Å². The molecule has 2 amide bonds. The van der Waals surface area contributed by atoms with Crippen molar-refractivity contribution in [2.24, 2.45) is 0 Å². The molecule has 2 aromatic heterocycles. The number of amides is 2. The van der Waals surface area contributed by atoms with Gasteiger partial charge in [0.15, 0.2) is 0 Å². The van der Waals surface area contributed by atoms with Gasteiger partial charge in [0, 0.05) is 23.8 Å². The fraction of sp³-hybridized carbons (Fsp3) is 0.300. The molecular weight excluding hydrogens is 464 g/mol. The molecule has 2 aromatic carbocycles. The van der Waals surface area contributed by atoms with Crippen molar-refractivity contribution in [2.75, 3.05) is 23.9 Å². The maximum Gasteiger partial charge on any atom is 0.326 e. The van der Waals surface area contributed by atoms with Crippen LogP contribution < -0.4 is 20.5 Å². The van der Waals surface area contributed by atoms with Gasteiger partial charge in [0.05, 0.1) is 7.11 Å². The monoisotopic (exact) mass is 498 g/mol. The van der Waals surface area contributed by atoms with E-state index in [9.17, 15) is 9.59 Å². The van der Waals surface area contributed by atoms with Gasteiger partial charge in [0.1, 0.15) is 17.1 Å². The Hall–Kier alpha value is -4.13. The quantitative estimate of drug-likeness (QED) is 0.290. The molecule has 0 fully saturated rings. The number of benzene rings is 2. The van der Waals surface area contributed by atoms with E-state index in [-0.39, 0.29) is 29.1 Å². The second kappa shape index (κ2) is 10.9. The van der Waals surface area contributed by atoms with E-state index in [0.717, 1.165) is 39.1 Å². The average molecular weight is 499 g/mol. The van der Waals surface area contributed by atoms with Gasteiger partial charge in [0.25, 0.3) is 5.56 Å². The first-order valence-electron chi connectivity index (χ1n) is 12.6. The molecule has 7 heteroatoms. The van der Waals surface area contributed by atoms with Crippen molar-refractivity contribution in [3.63, 3.8) is 0 Å². The number of rotatable bonds is 7. The topological polar surface area (TPSA) is 87.3 Å². The van der Waals surface area contributed by atoms with Gasteiger partial charge in [-0.15, -0.1) is 0 Å². The van der Waals surface area contributed by atoms with Gasteiger partial charge >= 0.3 is 6.03 Å². The van der Waals surface area contributed by atoms with E-state index >= 15 is 0 Å². The second-order valence-electron chi connectivity index (χ2n) is 9.67. The Kier molecular flexibility index (Phi) is 7.62. The Morgan fingerprint density at radius 1 is 1.00 bits per heavy atom. The molecule has 0 spiro atoms. The Balaban J connectivity index is 1.78. The van der Waals surface area contributed by atoms with Crippen LogP contribution in [0, 0.1) is 0 Å². The molecule has 0 radical (unpaired) electrons. The van der Waals surface area contributed by atoms with Crippen molar-refractivity contribution < 1.29 is 9.53 Å². The summed E-state index contributed by atoms with van der Waals surface area (Å²) in [5.74, 6) is 1.11. The Morgan fingerprint density at radius 2 is 1.70 bits per heavy atom. The van der Waals surface area contributed by atoms with Crippen molar-refractivity contribution in [3.8, 4) is 16.9 Å². The maximum absolute atomic E-state index is 13.7. The first-order chi connectivity index (χ1) is 17.7. The largest absolute Gasteiger partial charge is 0.497 e. The summed E-state index contributed by atoms with van der Waals surface area (Å²) >= 11 is 0. The van der Waals surface area contributed by atoms with Gasteiger partial charge in [0.2, 0.25) is 0 Å². The average Bonchev–Trinajstić information content (AvgIpc) is 2.89. The van der Waals surface area contributed by atoms with Crippen LogP contribution >= 0.6 is 0 Å². The van der Waals surface area contributed by atoms with Gasteiger partial charge in [-0.25, -0.2) is 9.78 Å². The van der Waals surface area contributed by atoms with Gasteiger partial charge in [-0.3, -0.25) is 9.69 Å². The summed E-state index contributed by atoms with van der Waals surface area (Å²) in [5.41, 5.74) is 5.39. The van der Waals surface area contributed by atoms with Crippen molar-refractivity contribution in [1.82, 2.24) is 9.97 Å². The highest BCUT2D eigenvalue weighted by Crippen LogP contribution is 2.38. The molecule has 0 aliphatic heterocycles. The highest BCUT2D eigenvalue weighted by atomic mass is 16.5. The molecular formula is C30H34N4O3. The number of aromatic nitrogens is 2. The van der Waals surface area contributed by atoms with E-state index in [2.05, 4.69) is 61.2 Å². The van der Waals surface area contributed by atoms with E-state index in [1.165, 1.54) is 4.90 Å². The number of H-pyrrole nitrogens is 1. The van der Waals surface area contributed by atoms with E-state index in [1.54, 1.807) is 25.4 Å². The molecule has 0 saturated carbocycles. The van der Waals surface area contributed by atoms with Crippen LogP contribution in [0.4, 0.5) is 16.2 Å². The van der Waals surface area contributed by atoms with Crippen LogP contribution in [-0.4, -0.2) is 29.7 Å². The first kappa shape index (κ1) is 25.9. The molecule has 2 N–H and O–H groups in total. The number of nitrogens with zero attached hydrogens (tertiary/aromatic N) is 2. The van der Waals surface area contributed by atoms with Crippen LogP contribution in [0.15, 0.2) is 65.6 Å². The smallest absolute Gasteiger partial charge is 0.326 e. The maximum atomic E-state index is 13.7. The Bertz CT molecular complexity index is 1460. The lowest BCUT2D eigenvalue weighted by atomic mass is 9.88. The van der Waals surface area contributed by atoms with Gasteiger partial charge < -0.3 is 15.0 Å².